The van der Waals surface area contributed by atoms with Gasteiger partial charge in [-0.1, -0.05) is 19.3 Å². The van der Waals surface area contributed by atoms with Crippen molar-refractivity contribution in [2.24, 2.45) is 10.9 Å². The molecular weight excluding hydrogens is 419 g/mol. The fourth-order valence-corrected chi connectivity index (χ4v) is 2.91. The van der Waals surface area contributed by atoms with Gasteiger partial charge in [0.25, 0.3) is 0 Å². The van der Waals surface area contributed by atoms with Crippen LogP contribution in [0.1, 0.15) is 44.9 Å². The number of amides is 1. The smallest absolute Gasteiger partial charge is 0.239 e. The van der Waals surface area contributed by atoms with Crippen LogP contribution >= 0.6 is 24.0 Å². The fourth-order valence-electron chi connectivity index (χ4n) is 2.91. The SMILES string of the molecule is CN=C(NCC(=O)NC1CCCCC1)N(C)CCOCC1CC1.I. The molecule has 0 saturated heterocycles. The maximum Gasteiger partial charge on any atom is 0.239 e. The van der Waals surface area contributed by atoms with Crippen molar-refractivity contribution >= 4 is 35.8 Å². The summed E-state index contributed by atoms with van der Waals surface area (Å²) in [4.78, 5) is 18.3. The highest BCUT2D eigenvalue weighted by molar-refractivity contribution is 14.0. The Bertz CT molecular complexity index is 396. The van der Waals surface area contributed by atoms with Crippen LogP contribution in [-0.2, 0) is 9.53 Å². The van der Waals surface area contributed by atoms with Crippen molar-refractivity contribution in [2.45, 2.75) is 51.0 Å². The molecule has 6 nitrogen and oxygen atoms in total. The number of nitrogens with one attached hydrogen (secondary N) is 2. The molecule has 140 valence electrons. The zero-order valence-corrected chi connectivity index (χ0v) is 17.4. The van der Waals surface area contributed by atoms with Gasteiger partial charge < -0.3 is 20.3 Å². The van der Waals surface area contributed by atoms with E-state index >= 15 is 0 Å². The third kappa shape index (κ3) is 8.50. The molecule has 0 aromatic rings. The first-order chi connectivity index (χ1) is 11.2. The molecule has 2 aliphatic rings. The number of guanidine groups is 1. The Kier molecular flexibility index (Phi) is 10.6. The summed E-state index contributed by atoms with van der Waals surface area (Å²) in [7, 11) is 3.71. The van der Waals surface area contributed by atoms with Gasteiger partial charge in [-0.05, 0) is 31.6 Å². The van der Waals surface area contributed by atoms with Gasteiger partial charge in [-0.15, -0.1) is 24.0 Å². The van der Waals surface area contributed by atoms with Gasteiger partial charge in [-0.2, -0.15) is 0 Å². The Hall–Kier alpha value is -0.570. The molecule has 1 amide bonds. The predicted octanol–water partition coefficient (Wildman–Crippen LogP) is 1.99. The molecule has 0 heterocycles. The first kappa shape index (κ1) is 21.5. The number of halogens is 1. The van der Waals surface area contributed by atoms with Crippen LogP contribution in [0.4, 0.5) is 0 Å². The van der Waals surface area contributed by atoms with E-state index in [-0.39, 0.29) is 36.4 Å². The van der Waals surface area contributed by atoms with E-state index in [2.05, 4.69) is 15.6 Å². The summed E-state index contributed by atoms with van der Waals surface area (Å²) in [6, 6.07) is 0.355. The lowest BCUT2D eigenvalue weighted by atomic mass is 9.95. The Morgan fingerprint density at radius 3 is 2.54 bits per heavy atom. The third-order valence-electron chi connectivity index (χ3n) is 4.57. The van der Waals surface area contributed by atoms with E-state index in [1.807, 2.05) is 11.9 Å². The molecule has 7 heteroatoms. The average molecular weight is 452 g/mol. The number of aliphatic imine (C=N–C) groups is 1. The number of hydrogen-bond acceptors (Lipinski definition) is 3. The highest BCUT2D eigenvalue weighted by atomic mass is 127. The summed E-state index contributed by atoms with van der Waals surface area (Å²) in [5.74, 6) is 1.58. The maximum absolute atomic E-state index is 12.0. The van der Waals surface area contributed by atoms with E-state index in [1.165, 1.54) is 32.1 Å². The van der Waals surface area contributed by atoms with Gasteiger partial charge >= 0.3 is 0 Å². The van der Waals surface area contributed by atoms with E-state index in [0.717, 1.165) is 37.9 Å². The van der Waals surface area contributed by atoms with Crippen molar-refractivity contribution in [2.75, 3.05) is 40.4 Å². The van der Waals surface area contributed by atoms with Gasteiger partial charge in [-0.25, -0.2) is 0 Å². The molecule has 2 N–H and O–H groups in total. The molecule has 0 bridgehead atoms. The Balaban J connectivity index is 0.00000288. The predicted molar refractivity (Wildman–Crippen MR) is 108 cm³/mol. The number of nitrogens with zero attached hydrogens (tertiary/aromatic N) is 2. The van der Waals surface area contributed by atoms with Crippen LogP contribution in [0.5, 0.6) is 0 Å². The minimum Gasteiger partial charge on any atom is -0.379 e. The summed E-state index contributed by atoms with van der Waals surface area (Å²) in [6.45, 7) is 2.62. The minimum absolute atomic E-state index is 0. The highest BCUT2D eigenvalue weighted by Crippen LogP contribution is 2.28. The largest absolute Gasteiger partial charge is 0.379 e. The lowest BCUT2D eigenvalue weighted by molar-refractivity contribution is -0.120. The molecule has 2 saturated carbocycles. The summed E-state index contributed by atoms with van der Waals surface area (Å²) < 4.78 is 5.65. The van der Waals surface area contributed by atoms with Gasteiger partial charge in [0.05, 0.1) is 13.2 Å². The Morgan fingerprint density at radius 2 is 1.92 bits per heavy atom. The van der Waals surface area contributed by atoms with Crippen LogP contribution in [0.25, 0.3) is 0 Å². The van der Waals surface area contributed by atoms with E-state index in [1.54, 1.807) is 7.05 Å². The molecule has 0 spiro atoms. The minimum atomic E-state index is 0. The first-order valence-electron chi connectivity index (χ1n) is 8.98. The van der Waals surface area contributed by atoms with Crippen molar-refractivity contribution in [3.8, 4) is 0 Å². The van der Waals surface area contributed by atoms with Crippen molar-refractivity contribution in [1.82, 2.24) is 15.5 Å². The molecule has 2 fully saturated rings. The third-order valence-corrected chi connectivity index (χ3v) is 4.57. The molecule has 0 aliphatic heterocycles. The standard InChI is InChI=1S/C17H32N4O2.HI/c1-18-17(21(2)10-11-23-13-14-8-9-14)19-12-16(22)20-15-6-4-3-5-7-15;/h14-15H,3-13H2,1-2H3,(H,18,19)(H,20,22);1H. The van der Waals surface area contributed by atoms with E-state index in [9.17, 15) is 4.79 Å². The van der Waals surface area contributed by atoms with E-state index in [4.69, 9.17) is 4.74 Å². The van der Waals surface area contributed by atoms with Crippen molar-refractivity contribution in [3.63, 3.8) is 0 Å². The van der Waals surface area contributed by atoms with E-state index < -0.39 is 0 Å². The van der Waals surface area contributed by atoms with Crippen LogP contribution in [0, 0.1) is 5.92 Å². The molecule has 2 aliphatic carbocycles. The Labute approximate surface area is 163 Å². The fraction of sp³-hybridized carbons (Fsp3) is 0.882. The number of rotatable bonds is 8. The topological polar surface area (TPSA) is 66.0 Å². The number of hydrogen-bond donors (Lipinski definition) is 2. The molecule has 0 unspecified atom stereocenters. The maximum atomic E-state index is 12.0. The zero-order valence-electron chi connectivity index (χ0n) is 15.1. The second-order valence-corrected chi connectivity index (χ2v) is 6.74. The molecule has 0 aromatic heterocycles. The summed E-state index contributed by atoms with van der Waals surface area (Å²) in [6.07, 6.45) is 8.60. The Morgan fingerprint density at radius 1 is 1.21 bits per heavy atom. The average Bonchev–Trinajstić information content (AvgIpc) is 3.37. The second-order valence-electron chi connectivity index (χ2n) is 6.74. The first-order valence-corrected chi connectivity index (χ1v) is 8.98. The lowest BCUT2D eigenvalue weighted by Crippen LogP contribution is -2.47. The summed E-state index contributed by atoms with van der Waals surface area (Å²) in [5, 5.41) is 6.24. The van der Waals surface area contributed by atoms with Gasteiger partial charge in [0.2, 0.25) is 5.91 Å². The monoisotopic (exact) mass is 452 g/mol. The molecule has 0 atom stereocenters. The van der Waals surface area contributed by atoms with Crippen molar-refractivity contribution < 1.29 is 9.53 Å². The van der Waals surface area contributed by atoms with Crippen LogP contribution in [0.15, 0.2) is 4.99 Å². The van der Waals surface area contributed by atoms with Crippen molar-refractivity contribution in [1.29, 1.82) is 0 Å². The molecular formula is C17H33IN4O2. The number of carbonyl (C=O) groups excluding carboxylic acids is 1. The second kappa shape index (κ2) is 11.9. The van der Waals surface area contributed by atoms with Crippen LogP contribution < -0.4 is 10.6 Å². The van der Waals surface area contributed by atoms with Gasteiger partial charge in [0.1, 0.15) is 0 Å². The normalized spacial score (nSPS) is 18.7. The van der Waals surface area contributed by atoms with Gasteiger partial charge in [0, 0.05) is 33.3 Å². The van der Waals surface area contributed by atoms with Crippen molar-refractivity contribution in [3.05, 3.63) is 0 Å². The van der Waals surface area contributed by atoms with Crippen LogP contribution in [0.2, 0.25) is 0 Å². The quantitative estimate of drug-likeness (QED) is 0.256. The number of carbonyl (C=O) groups is 1. The number of ether oxygens (including phenoxy) is 1. The molecule has 2 rings (SSSR count). The van der Waals surface area contributed by atoms with Crippen LogP contribution in [0.3, 0.4) is 0 Å². The molecule has 0 radical (unpaired) electrons. The highest BCUT2D eigenvalue weighted by Gasteiger charge is 2.21. The van der Waals surface area contributed by atoms with E-state index in [0.29, 0.717) is 12.6 Å². The van der Waals surface area contributed by atoms with Gasteiger partial charge in [-0.3, -0.25) is 9.79 Å². The lowest BCUT2D eigenvalue weighted by Gasteiger charge is -2.24. The zero-order chi connectivity index (χ0) is 16.5. The van der Waals surface area contributed by atoms with Gasteiger partial charge in [0.15, 0.2) is 5.96 Å². The summed E-state index contributed by atoms with van der Waals surface area (Å²) >= 11 is 0. The number of likely N-dealkylation sites (N-methyl/N-ethyl adjacent to an activating group) is 1. The van der Waals surface area contributed by atoms with Crippen LogP contribution in [-0.4, -0.2) is 63.2 Å². The molecule has 0 aromatic carbocycles. The summed E-state index contributed by atoms with van der Waals surface area (Å²) in [5.41, 5.74) is 0. The molecule has 24 heavy (non-hydrogen) atoms.